The van der Waals surface area contributed by atoms with Gasteiger partial charge in [0.15, 0.2) is 18.1 Å². The molecule has 2 aromatic carbocycles. The lowest BCUT2D eigenvalue weighted by Gasteiger charge is -2.10. The van der Waals surface area contributed by atoms with Crippen LogP contribution in [0.3, 0.4) is 0 Å². The van der Waals surface area contributed by atoms with Crippen LogP contribution in [0.1, 0.15) is 5.76 Å². The SMILES string of the molecule is COc1ccccc1OCC(=O)Nc1ccc(-c2ccc(C)o2)cc1. The van der Waals surface area contributed by atoms with E-state index in [0.29, 0.717) is 17.2 Å². The van der Waals surface area contributed by atoms with E-state index in [-0.39, 0.29) is 12.5 Å². The molecule has 0 atom stereocenters. The minimum atomic E-state index is -0.243. The van der Waals surface area contributed by atoms with Crippen molar-refractivity contribution in [2.75, 3.05) is 19.0 Å². The summed E-state index contributed by atoms with van der Waals surface area (Å²) in [5.74, 6) is 2.54. The summed E-state index contributed by atoms with van der Waals surface area (Å²) in [5, 5.41) is 2.80. The van der Waals surface area contributed by atoms with Crippen molar-refractivity contribution in [3.05, 3.63) is 66.4 Å². The highest BCUT2D eigenvalue weighted by Gasteiger charge is 2.08. The fraction of sp³-hybridized carbons (Fsp3) is 0.150. The van der Waals surface area contributed by atoms with Crippen LogP contribution >= 0.6 is 0 Å². The lowest BCUT2D eigenvalue weighted by Crippen LogP contribution is -2.20. The van der Waals surface area contributed by atoms with Gasteiger partial charge in [0.2, 0.25) is 0 Å². The predicted molar refractivity (Wildman–Crippen MR) is 96.0 cm³/mol. The lowest BCUT2D eigenvalue weighted by molar-refractivity contribution is -0.118. The molecular formula is C20H19NO4. The molecule has 0 aliphatic rings. The van der Waals surface area contributed by atoms with E-state index in [1.165, 1.54) is 0 Å². The van der Waals surface area contributed by atoms with Gasteiger partial charge in [0, 0.05) is 11.3 Å². The second-order valence-corrected chi connectivity index (χ2v) is 5.48. The number of anilines is 1. The molecule has 1 amide bonds. The Labute approximate surface area is 146 Å². The summed E-state index contributed by atoms with van der Waals surface area (Å²) >= 11 is 0. The Morgan fingerprint density at radius 1 is 1.00 bits per heavy atom. The quantitative estimate of drug-likeness (QED) is 0.729. The molecule has 0 saturated heterocycles. The van der Waals surface area contributed by atoms with Crippen LogP contribution in [0.25, 0.3) is 11.3 Å². The second-order valence-electron chi connectivity index (χ2n) is 5.48. The molecule has 5 nitrogen and oxygen atoms in total. The molecule has 3 rings (SSSR count). The van der Waals surface area contributed by atoms with E-state index in [4.69, 9.17) is 13.9 Å². The fourth-order valence-electron chi connectivity index (χ4n) is 2.39. The van der Waals surface area contributed by atoms with Crippen molar-refractivity contribution < 1.29 is 18.7 Å². The van der Waals surface area contributed by atoms with Crippen molar-refractivity contribution >= 4 is 11.6 Å². The molecule has 0 saturated carbocycles. The van der Waals surface area contributed by atoms with E-state index in [9.17, 15) is 4.79 Å². The van der Waals surface area contributed by atoms with E-state index in [2.05, 4.69) is 5.32 Å². The Hall–Kier alpha value is -3.21. The first-order chi connectivity index (χ1) is 12.2. The molecule has 1 N–H and O–H groups in total. The number of benzene rings is 2. The molecule has 1 heterocycles. The fourth-order valence-corrected chi connectivity index (χ4v) is 2.39. The van der Waals surface area contributed by atoms with Gasteiger partial charge < -0.3 is 19.2 Å². The maximum absolute atomic E-state index is 12.0. The zero-order chi connectivity index (χ0) is 17.6. The average molecular weight is 337 g/mol. The monoisotopic (exact) mass is 337 g/mol. The Morgan fingerprint density at radius 2 is 1.72 bits per heavy atom. The summed E-state index contributed by atoms with van der Waals surface area (Å²) in [4.78, 5) is 12.0. The number of hydrogen-bond acceptors (Lipinski definition) is 4. The maximum Gasteiger partial charge on any atom is 0.262 e. The van der Waals surface area contributed by atoms with Crippen LogP contribution in [0.15, 0.2) is 65.1 Å². The minimum Gasteiger partial charge on any atom is -0.493 e. The summed E-state index contributed by atoms with van der Waals surface area (Å²) in [5.41, 5.74) is 1.65. The van der Waals surface area contributed by atoms with Crippen LogP contribution in [0, 0.1) is 6.92 Å². The van der Waals surface area contributed by atoms with E-state index < -0.39 is 0 Å². The minimum absolute atomic E-state index is 0.0977. The Balaban J connectivity index is 1.57. The van der Waals surface area contributed by atoms with Gasteiger partial charge in [-0.25, -0.2) is 0 Å². The van der Waals surface area contributed by atoms with Crippen LogP contribution < -0.4 is 14.8 Å². The zero-order valence-corrected chi connectivity index (χ0v) is 14.1. The van der Waals surface area contributed by atoms with Crippen LogP contribution in [0.2, 0.25) is 0 Å². The first kappa shape index (κ1) is 16.6. The number of rotatable bonds is 6. The topological polar surface area (TPSA) is 60.7 Å². The predicted octanol–water partition coefficient (Wildman–Crippen LogP) is 4.28. The number of ether oxygens (including phenoxy) is 2. The van der Waals surface area contributed by atoms with Crippen LogP contribution in [0.4, 0.5) is 5.69 Å². The number of aryl methyl sites for hydroxylation is 1. The standard InChI is InChI=1S/C20H19NO4/c1-14-7-12-17(25-14)15-8-10-16(11-9-15)21-20(22)13-24-19-6-4-3-5-18(19)23-2/h3-12H,13H2,1-2H3,(H,21,22). The lowest BCUT2D eigenvalue weighted by atomic mass is 10.1. The number of amides is 1. The highest BCUT2D eigenvalue weighted by Crippen LogP contribution is 2.26. The van der Waals surface area contributed by atoms with Crippen molar-refractivity contribution in [2.24, 2.45) is 0 Å². The summed E-state index contributed by atoms with van der Waals surface area (Å²) in [6.45, 7) is 1.80. The van der Waals surface area contributed by atoms with Crippen molar-refractivity contribution in [3.63, 3.8) is 0 Å². The van der Waals surface area contributed by atoms with Crippen molar-refractivity contribution in [2.45, 2.75) is 6.92 Å². The Kier molecular flexibility index (Phi) is 5.04. The molecule has 0 spiro atoms. The molecule has 0 unspecified atom stereocenters. The van der Waals surface area contributed by atoms with Gasteiger partial charge >= 0.3 is 0 Å². The van der Waals surface area contributed by atoms with E-state index in [1.54, 1.807) is 19.2 Å². The third kappa shape index (κ3) is 4.20. The van der Waals surface area contributed by atoms with Gasteiger partial charge in [-0.3, -0.25) is 4.79 Å². The largest absolute Gasteiger partial charge is 0.493 e. The van der Waals surface area contributed by atoms with Gasteiger partial charge in [0.1, 0.15) is 11.5 Å². The number of carbonyl (C=O) groups is 1. The van der Waals surface area contributed by atoms with Crippen LogP contribution in [0.5, 0.6) is 11.5 Å². The zero-order valence-electron chi connectivity index (χ0n) is 14.1. The molecule has 0 aliphatic heterocycles. The average Bonchev–Trinajstić information content (AvgIpc) is 3.07. The molecule has 5 heteroatoms. The molecule has 0 aliphatic carbocycles. The number of furan rings is 1. The summed E-state index contributed by atoms with van der Waals surface area (Å²) in [6, 6.07) is 18.5. The van der Waals surface area contributed by atoms with Crippen LogP contribution in [-0.2, 0) is 4.79 Å². The van der Waals surface area contributed by atoms with Crippen molar-refractivity contribution in [1.29, 1.82) is 0 Å². The molecule has 128 valence electrons. The van der Waals surface area contributed by atoms with E-state index in [0.717, 1.165) is 17.1 Å². The Morgan fingerprint density at radius 3 is 2.36 bits per heavy atom. The number of para-hydroxylation sites is 2. The maximum atomic E-state index is 12.0. The van der Waals surface area contributed by atoms with Crippen molar-refractivity contribution in [3.8, 4) is 22.8 Å². The van der Waals surface area contributed by atoms with Gasteiger partial charge in [-0.15, -0.1) is 0 Å². The van der Waals surface area contributed by atoms with Gasteiger partial charge in [0.05, 0.1) is 7.11 Å². The first-order valence-electron chi connectivity index (χ1n) is 7.88. The normalized spacial score (nSPS) is 10.3. The Bertz CT molecular complexity index is 852. The van der Waals surface area contributed by atoms with Crippen LogP contribution in [-0.4, -0.2) is 19.6 Å². The number of hydrogen-bond donors (Lipinski definition) is 1. The third-order valence-electron chi connectivity index (χ3n) is 3.62. The number of nitrogens with one attached hydrogen (secondary N) is 1. The van der Waals surface area contributed by atoms with Gasteiger partial charge in [-0.1, -0.05) is 12.1 Å². The van der Waals surface area contributed by atoms with E-state index in [1.807, 2.05) is 55.5 Å². The summed E-state index contributed by atoms with van der Waals surface area (Å²) < 4.78 is 16.3. The van der Waals surface area contributed by atoms with E-state index >= 15 is 0 Å². The van der Waals surface area contributed by atoms with Gasteiger partial charge in [0.25, 0.3) is 5.91 Å². The number of carbonyl (C=O) groups excluding carboxylic acids is 1. The molecular weight excluding hydrogens is 318 g/mol. The van der Waals surface area contributed by atoms with Crippen molar-refractivity contribution in [1.82, 2.24) is 0 Å². The first-order valence-corrected chi connectivity index (χ1v) is 7.88. The summed E-state index contributed by atoms with van der Waals surface area (Å²) in [6.07, 6.45) is 0. The third-order valence-corrected chi connectivity index (χ3v) is 3.62. The molecule has 1 aromatic heterocycles. The van der Waals surface area contributed by atoms with Gasteiger partial charge in [-0.2, -0.15) is 0 Å². The van der Waals surface area contributed by atoms with Gasteiger partial charge in [-0.05, 0) is 55.5 Å². The molecule has 25 heavy (non-hydrogen) atoms. The highest BCUT2D eigenvalue weighted by atomic mass is 16.5. The summed E-state index contributed by atoms with van der Waals surface area (Å²) in [7, 11) is 1.56. The molecule has 0 bridgehead atoms. The second kappa shape index (κ2) is 7.57. The smallest absolute Gasteiger partial charge is 0.262 e. The molecule has 0 fully saturated rings. The highest BCUT2D eigenvalue weighted by molar-refractivity contribution is 5.92. The number of methoxy groups -OCH3 is 1. The molecule has 3 aromatic rings. The molecule has 0 radical (unpaired) electrons.